The summed E-state index contributed by atoms with van der Waals surface area (Å²) in [7, 11) is 0. The summed E-state index contributed by atoms with van der Waals surface area (Å²) in [5, 5.41) is 9.12. The van der Waals surface area contributed by atoms with Gasteiger partial charge >= 0.3 is 0 Å². The van der Waals surface area contributed by atoms with Gasteiger partial charge in [-0.1, -0.05) is 170 Å². The van der Waals surface area contributed by atoms with Gasteiger partial charge in [0, 0.05) is 67.0 Å². The fraction of sp³-hybridized carbons (Fsp3) is 0.0423. The van der Waals surface area contributed by atoms with E-state index in [1.54, 1.807) is 0 Å². The van der Waals surface area contributed by atoms with Gasteiger partial charge in [-0.25, -0.2) is 0 Å². The van der Waals surface area contributed by atoms with E-state index in [-0.39, 0.29) is 0 Å². The summed E-state index contributed by atoms with van der Waals surface area (Å²) < 4.78 is 14.3. The Bertz CT molecular complexity index is 4300. The molecule has 14 rings (SSSR count). The molecule has 75 heavy (non-hydrogen) atoms. The lowest BCUT2D eigenvalue weighted by Crippen LogP contribution is -2.35. The lowest BCUT2D eigenvalue weighted by atomic mass is 9.77. The van der Waals surface area contributed by atoms with E-state index in [4.69, 9.17) is 8.83 Å². The number of nitrogens with zero attached hydrogens (tertiary/aromatic N) is 2. The minimum Gasteiger partial charge on any atom is -0.459 e. The molecule has 356 valence electrons. The van der Waals surface area contributed by atoms with E-state index < -0.39 is 5.41 Å². The van der Waals surface area contributed by atoms with Gasteiger partial charge in [0.15, 0.2) is 0 Å². The summed E-state index contributed by atoms with van der Waals surface area (Å²) in [6.45, 7) is 2.33. The highest BCUT2D eigenvalue weighted by atomic mass is 16.3. The van der Waals surface area contributed by atoms with Crippen molar-refractivity contribution in [2.24, 2.45) is 0 Å². The van der Waals surface area contributed by atoms with Crippen molar-refractivity contribution in [3.63, 3.8) is 0 Å². The van der Waals surface area contributed by atoms with Crippen LogP contribution in [0.4, 0.5) is 34.1 Å². The molecule has 2 heterocycles. The van der Waals surface area contributed by atoms with Gasteiger partial charge in [0.2, 0.25) is 0 Å². The van der Waals surface area contributed by atoms with E-state index in [1.165, 1.54) is 10.4 Å². The number of para-hydroxylation sites is 4. The van der Waals surface area contributed by atoms with Gasteiger partial charge in [-0.15, -0.1) is 0 Å². The second kappa shape index (κ2) is 18.1. The summed E-state index contributed by atoms with van der Waals surface area (Å²) in [6, 6.07) is 92.9. The zero-order valence-corrected chi connectivity index (χ0v) is 41.4. The zero-order chi connectivity index (χ0) is 49.9. The minimum atomic E-state index is -0.441. The van der Waals surface area contributed by atoms with Crippen molar-refractivity contribution in [3.05, 3.63) is 277 Å². The lowest BCUT2D eigenvalue weighted by molar-refractivity contribution is 0.463. The predicted octanol–water partition coefficient (Wildman–Crippen LogP) is 18.3. The van der Waals surface area contributed by atoms with Crippen molar-refractivity contribution in [3.8, 4) is 33.6 Å². The number of fused-ring (bicyclic) bond motifs is 7. The molecule has 2 aromatic heterocycles. The summed E-state index contributed by atoms with van der Waals surface area (Å²) in [6.07, 6.45) is 5.59. The molecular formula is C71H50N2O2. The third-order valence-electron chi connectivity index (χ3n) is 15.1. The van der Waals surface area contributed by atoms with Crippen LogP contribution in [0.2, 0.25) is 0 Å². The average molecular weight is 963 g/mol. The maximum absolute atomic E-state index is 7.23. The molecule has 0 saturated heterocycles. The van der Waals surface area contributed by atoms with E-state index in [1.807, 2.05) is 0 Å². The maximum atomic E-state index is 7.23. The highest BCUT2D eigenvalue weighted by Crippen LogP contribution is 2.50. The van der Waals surface area contributed by atoms with Crippen molar-refractivity contribution in [1.29, 1.82) is 0 Å². The largest absolute Gasteiger partial charge is 0.459 e. The Kier molecular flexibility index (Phi) is 10.7. The fourth-order valence-electron chi connectivity index (χ4n) is 11.6. The average Bonchev–Trinajstić information content (AvgIpc) is 4.09. The van der Waals surface area contributed by atoms with Crippen molar-refractivity contribution < 1.29 is 8.83 Å². The van der Waals surface area contributed by atoms with Gasteiger partial charge in [0.05, 0.1) is 0 Å². The highest BCUT2D eigenvalue weighted by molar-refractivity contribution is 6.24. The standard InChI is InChI=1S/C71H50N2O2/c1-71(43-42-52-46-60(37-35-54(52)47-71)73(57-28-16-6-17-29-57)58-30-18-7-19-31-58)70-66(49-22-10-3-11-23-49)68-62-38-40-63-67(61(62)39-41-64(68)75-70)65(48-20-8-2-9-21-48)69(74-63)53-33-32-51-45-59(36-34-50(51)44-53)72(55-24-12-4-13-25-55)56-26-14-5-15-27-56/h2-42,44-47H,43H2,1H3. The molecule has 0 N–H and O–H groups in total. The van der Waals surface area contributed by atoms with Crippen LogP contribution in [0.1, 0.15) is 19.1 Å². The quantitative estimate of drug-likeness (QED) is 0.137. The first-order valence-electron chi connectivity index (χ1n) is 25.8. The molecule has 4 heteroatoms. The third-order valence-corrected chi connectivity index (χ3v) is 15.1. The van der Waals surface area contributed by atoms with Crippen LogP contribution in [-0.4, -0.2) is 0 Å². The number of hydrogen-bond donors (Lipinski definition) is 0. The number of furan rings is 2. The van der Waals surface area contributed by atoms with Crippen LogP contribution in [0.3, 0.4) is 0 Å². The Morgan fingerprint density at radius 1 is 0.360 bits per heavy atom. The van der Waals surface area contributed by atoms with E-state index in [0.717, 1.165) is 123 Å². The van der Waals surface area contributed by atoms with Crippen LogP contribution in [0.15, 0.2) is 270 Å². The molecule has 1 aliphatic rings. The van der Waals surface area contributed by atoms with Crippen molar-refractivity contribution in [1.82, 2.24) is 0 Å². The van der Waals surface area contributed by atoms with Crippen LogP contribution in [-0.2, 0) is 5.41 Å². The molecule has 0 radical (unpaired) electrons. The number of rotatable bonds is 10. The second-order valence-corrected chi connectivity index (χ2v) is 19.9. The van der Waals surface area contributed by atoms with Crippen LogP contribution in [0.25, 0.3) is 89.2 Å². The van der Waals surface area contributed by atoms with Crippen LogP contribution < -0.4 is 20.2 Å². The first kappa shape index (κ1) is 44.1. The van der Waals surface area contributed by atoms with Crippen molar-refractivity contribution in [2.45, 2.75) is 18.8 Å². The molecule has 1 atom stereocenters. The zero-order valence-electron chi connectivity index (χ0n) is 41.4. The Labute approximate surface area is 435 Å². The van der Waals surface area contributed by atoms with Gasteiger partial charge in [-0.3, -0.25) is 0 Å². The molecule has 0 fully saturated rings. The highest BCUT2D eigenvalue weighted by Gasteiger charge is 2.34. The van der Waals surface area contributed by atoms with Crippen LogP contribution in [0, 0.1) is 0 Å². The van der Waals surface area contributed by atoms with E-state index in [9.17, 15) is 0 Å². The topological polar surface area (TPSA) is 32.8 Å². The molecule has 11 aromatic carbocycles. The number of benzene rings is 11. The summed E-state index contributed by atoms with van der Waals surface area (Å²) >= 11 is 0. The fourth-order valence-corrected chi connectivity index (χ4v) is 11.6. The SMILES string of the molecule is CC1(c2oc3ccc4c(ccc5oc(-c6ccc7cc(N(c8ccccc8)c8ccccc8)ccc7c6)c(-c6ccccc6)c54)c3c2-c2ccccc2)C=c2ccc(N(c3ccccc3)c3ccccc3)cc2=CC1. The third kappa shape index (κ3) is 7.69. The van der Waals surface area contributed by atoms with E-state index in [0.29, 0.717) is 0 Å². The van der Waals surface area contributed by atoms with E-state index in [2.05, 4.69) is 290 Å². The van der Waals surface area contributed by atoms with Crippen molar-refractivity contribution >= 4 is 89.8 Å². The smallest absolute Gasteiger partial charge is 0.143 e. The molecule has 0 bridgehead atoms. The Morgan fingerprint density at radius 3 is 1.37 bits per heavy atom. The van der Waals surface area contributed by atoms with E-state index >= 15 is 0 Å². The Hall–Kier alpha value is -9.64. The van der Waals surface area contributed by atoms with Gasteiger partial charge in [0.25, 0.3) is 0 Å². The molecule has 1 aliphatic carbocycles. The number of hydrogen-bond acceptors (Lipinski definition) is 4. The minimum absolute atomic E-state index is 0.441. The molecule has 0 saturated carbocycles. The van der Waals surface area contributed by atoms with Crippen LogP contribution >= 0.6 is 0 Å². The molecule has 1 unspecified atom stereocenters. The monoisotopic (exact) mass is 962 g/mol. The van der Waals surface area contributed by atoms with Gasteiger partial charge in [0.1, 0.15) is 22.7 Å². The van der Waals surface area contributed by atoms with Crippen molar-refractivity contribution in [2.75, 3.05) is 9.80 Å². The maximum Gasteiger partial charge on any atom is 0.143 e. The normalized spacial score (nSPS) is 14.1. The lowest BCUT2D eigenvalue weighted by Gasteiger charge is -2.28. The summed E-state index contributed by atoms with van der Waals surface area (Å²) in [5.74, 6) is 1.81. The van der Waals surface area contributed by atoms with Gasteiger partial charge in [-0.2, -0.15) is 0 Å². The molecular weight excluding hydrogens is 913 g/mol. The van der Waals surface area contributed by atoms with Gasteiger partial charge in [-0.05, 0) is 160 Å². The molecule has 0 amide bonds. The second-order valence-electron chi connectivity index (χ2n) is 19.9. The first-order valence-corrected chi connectivity index (χ1v) is 25.8. The summed E-state index contributed by atoms with van der Waals surface area (Å²) in [5.41, 5.74) is 13.4. The number of anilines is 6. The first-order chi connectivity index (χ1) is 37.0. The Balaban J connectivity index is 0.909. The molecule has 0 spiro atoms. The summed E-state index contributed by atoms with van der Waals surface area (Å²) in [4.78, 5) is 4.63. The van der Waals surface area contributed by atoms with Gasteiger partial charge < -0.3 is 18.6 Å². The van der Waals surface area contributed by atoms with Crippen LogP contribution in [0.5, 0.6) is 0 Å². The molecule has 13 aromatic rings. The Morgan fingerprint density at radius 2 is 0.813 bits per heavy atom. The molecule has 0 aliphatic heterocycles. The molecule has 4 nitrogen and oxygen atoms in total. The predicted molar refractivity (Wildman–Crippen MR) is 313 cm³/mol.